The predicted octanol–water partition coefficient (Wildman–Crippen LogP) is 3.35. The molecule has 0 heterocycles. The summed E-state index contributed by atoms with van der Waals surface area (Å²) in [4.78, 5) is 2.21. The zero-order valence-corrected chi connectivity index (χ0v) is 10.5. The molecule has 0 amide bonds. The molecule has 0 N–H and O–H groups in total. The predicted molar refractivity (Wildman–Crippen MR) is 67.1 cm³/mol. The molecule has 1 unspecified atom stereocenters. The zero-order valence-electron chi connectivity index (χ0n) is 10.5. The average molecular weight is 223 g/mol. The van der Waals surface area contributed by atoms with Gasteiger partial charge >= 0.3 is 0 Å². The molecule has 2 heteroatoms. The molecule has 1 nitrogen and oxygen atoms in total. The van der Waals surface area contributed by atoms with Gasteiger partial charge in [0.25, 0.3) is 0 Å². The number of rotatable bonds is 6. The molecule has 0 aliphatic rings. The van der Waals surface area contributed by atoms with E-state index in [0.29, 0.717) is 5.92 Å². The molecule has 1 rings (SSSR count). The van der Waals surface area contributed by atoms with Gasteiger partial charge < -0.3 is 4.90 Å². The molecular weight excluding hydrogens is 201 g/mol. The van der Waals surface area contributed by atoms with Crippen LogP contribution in [0.15, 0.2) is 24.3 Å². The summed E-state index contributed by atoms with van der Waals surface area (Å²) in [6.07, 6.45) is 3.51. The van der Waals surface area contributed by atoms with Crippen LogP contribution < -0.4 is 0 Å². The van der Waals surface area contributed by atoms with E-state index in [0.717, 1.165) is 13.0 Å². The highest BCUT2D eigenvalue weighted by Gasteiger charge is 2.04. The van der Waals surface area contributed by atoms with E-state index >= 15 is 0 Å². The Morgan fingerprint density at radius 2 is 1.81 bits per heavy atom. The molecule has 0 spiro atoms. The second-order valence-electron chi connectivity index (χ2n) is 4.88. The van der Waals surface area contributed by atoms with Crippen LogP contribution in [0.4, 0.5) is 4.39 Å². The Kier molecular flexibility index (Phi) is 5.47. The third-order valence-corrected chi connectivity index (χ3v) is 2.80. The molecule has 0 saturated carbocycles. The van der Waals surface area contributed by atoms with E-state index in [1.54, 1.807) is 12.1 Å². The molecule has 16 heavy (non-hydrogen) atoms. The van der Waals surface area contributed by atoms with Crippen molar-refractivity contribution in [3.63, 3.8) is 0 Å². The molecule has 1 aromatic carbocycles. The summed E-state index contributed by atoms with van der Waals surface area (Å²) in [6, 6.07) is 6.86. The molecule has 0 saturated heterocycles. The van der Waals surface area contributed by atoms with Gasteiger partial charge in [-0.05, 0) is 63.5 Å². The van der Waals surface area contributed by atoms with Crippen molar-refractivity contribution in [1.29, 1.82) is 0 Å². The van der Waals surface area contributed by atoms with E-state index in [9.17, 15) is 4.39 Å². The highest BCUT2D eigenvalue weighted by molar-refractivity contribution is 5.16. The van der Waals surface area contributed by atoms with Crippen molar-refractivity contribution in [3.05, 3.63) is 35.6 Å². The van der Waals surface area contributed by atoms with Crippen LogP contribution >= 0.6 is 0 Å². The summed E-state index contributed by atoms with van der Waals surface area (Å²) in [6.45, 7) is 3.41. The van der Waals surface area contributed by atoms with Gasteiger partial charge in [0, 0.05) is 0 Å². The van der Waals surface area contributed by atoms with Gasteiger partial charge in [-0.3, -0.25) is 0 Å². The van der Waals surface area contributed by atoms with E-state index in [1.165, 1.54) is 18.4 Å². The van der Waals surface area contributed by atoms with Crippen molar-refractivity contribution in [1.82, 2.24) is 4.90 Å². The fraction of sp³-hybridized carbons (Fsp3) is 0.571. The number of hydrogen-bond acceptors (Lipinski definition) is 1. The first kappa shape index (κ1) is 13.2. The van der Waals surface area contributed by atoms with Gasteiger partial charge in [-0.15, -0.1) is 0 Å². The van der Waals surface area contributed by atoms with Crippen LogP contribution in [0.1, 0.15) is 25.3 Å². The van der Waals surface area contributed by atoms with E-state index in [4.69, 9.17) is 0 Å². The SMILES string of the molecule is CC(CCCN(C)C)Cc1ccc(F)cc1. The van der Waals surface area contributed by atoms with Gasteiger partial charge in [-0.25, -0.2) is 4.39 Å². The van der Waals surface area contributed by atoms with Crippen molar-refractivity contribution in [2.24, 2.45) is 5.92 Å². The summed E-state index contributed by atoms with van der Waals surface area (Å²) in [5.41, 5.74) is 1.23. The first-order valence-corrected chi connectivity index (χ1v) is 5.97. The lowest BCUT2D eigenvalue weighted by atomic mass is 9.96. The minimum absolute atomic E-state index is 0.149. The van der Waals surface area contributed by atoms with Gasteiger partial charge in [0.15, 0.2) is 0 Å². The molecule has 90 valence electrons. The molecule has 1 aromatic rings. The molecule has 0 fully saturated rings. The van der Waals surface area contributed by atoms with Gasteiger partial charge in [0.2, 0.25) is 0 Å². The molecule has 0 aromatic heterocycles. The van der Waals surface area contributed by atoms with E-state index in [2.05, 4.69) is 25.9 Å². The maximum atomic E-state index is 12.7. The summed E-state index contributed by atoms with van der Waals surface area (Å²) < 4.78 is 12.7. The molecule has 0 aliphatic heterocycles. The van der Waals surface area contributed by atoms with Gasteiger partial charge in [0.05, 0.1) is 0 Å². The van der Waals surface area contributed by atoms with Gasteiger partial charge in [-0.1, -0.05) is 19.1 Å². The summed E-state index contributed by atoms with van der Waals surface area (Å²) in [7, 11) is 4.20. The lowest BCUT2D eigenvalue weighted by Crippen LogP contribution is -2.14. The normalized spacial score (nSPS) is 13.1. The Morgan fingerprint density at radius 3 is 2.38 bits per heavy atom. The summed E-state index contributed by atoms with van der Waals surface area (Å²) in [5.74, 6) is 0.523. The molecule has 0 radical (unpaired) electrons. The van der Waals surface area contributed by atoms with Crippen LogP contribution in [0.2, 0.25) is 0 Å². The van der Waals surface area contributed by atoms with Crippen LogP contribution in [-0.4, -0.2) is 25.5 Å². The number of nitrogens with zero attached hydrogens (tertiary/aromatic N) is 1. The number of halogens is 1. The third kappa shape index (κ3) is 5.26. The van der Waals surface area contributed by atoms with Gasteiger partial charge in [-0.2, -0.15) is 0 Å². The Bertz CT molecular complexity index is 292. The molecule has 0 aliphatic carbocycles. The van der Waals surface area contributed by atoms with Gasteiger partial charge in [0.1, 0.15) is 5.82 Å². The molecule has 0 bridgehead atoms. The lowest BCUT2D eigenvalue weighted by Gasteiger charge is -2.13. The smallest absolute Gasteiger partial charge is 0.123 e. The minimum Gasteiger partial charge on any atom is -0.309 e. The largest absolute Gasteiger partial charge is 0.309 e. The van der Waals surface area contributed by atoms with Crippen LogP contribution in [-0.2, 0) is 6.42 Å². The Balaban J connectivity index is 2.28. The highest BCUT2D eigenvalue weighted by atomic mass is 19.1. The van der Waals surface area contributed by atoms with Crippen LogP contribution in [0.25, 0.3) is 0 Å². The van der Waals surface area contributed by atoms with E-state index in [-0.39, 0.29) is 5.82 Å². The Labute approximate surface area is 98.3 Å². The third-order valence-electron chi connectivity index (χ3n) is 2.80. The fourth-order valence-corrected chi connectivity index (χ4v) is 1.88. The van der Waals surface area contributed by atoms with Crippen molar-refractivity contribution in [2.75, 3.05) is 20.6 Å². The maximum absolute atomic E-state index is 12.7. The first-order chi connectivity index (χ1) is 7.58. The van der Waals surface area contributed by atoms with E-state index in [1.807, 2.05) is 12.1 Å². The van der Waals surface area contributed by atoms with Crippen LogP contribution in [0.3, 0.4) is 0 Å². The van der Waals surface area contributed by atoms with Crippen molar-refractivity contribution < 1.29 is 4.39 Å². The second-order valence-corrected chi connectivity index (χ2v) is 4.88. The van der Waals surface area contributed by atoms with Crippen molar-refractivity contribution in [2.45, 2.75) is 26.2 Å². The minimum atomic E-state index is -0.149. The Hall–Kier alpha value is -0.890. The summed E-state index contributed by atoms with van der Waals surface area (Å²) >= 11 is 0. The van der Waals surface area contributed by atoms with Crippen LogP contribution in [0, 0.1) is 11.7 Å². The summed E-state index contributed by atoms with van der Waals surface area (Å²) in [5, 5.41) is 0. The number of hydrogen-bond donors (Lipinski definition) is 0. The maximum Gasteiger partial charge on any atom is 0.123 e. The molecular formula is C14H22FN. The lowest BCUT2D eigenvalue weighted by molar-refractivity contribution is 0.372. The topological polar surface area (TPSA) is 3.24 Å². The van der Waals surface area contributed by atoms with Crippen molar-refractivity contribution in [3.8, 4) is 0 Å². The standard InChI is InChI=1S/C14H22FN/c1-12(5-4-10-16(2)3)11-13-6-8-14(15)9-7-13/h6-9,12H,4-5,10-11H2,1-3H3. The highest BCUT2D eigenvalue weighted by Crippen LogP contribution is 2.14. The monoisotopic (exact) mass is 223 g/mol. The average Bonchev–Trinajstić information content (AvgIpc) is 2.21. The van der Waals surface area contributed by atoms with Crippen LogP contribution in [0.5, 0.6) is 0 Å². The van der Waals surface area contributed by atoms with E-state index < -0.39 is 0 Å². The Morgan fingerprint density at radius 1 is 1.19 bits per heavy atom. The fourth-order valence-electron chi connectivity index (χ4n) is 1.88. The zero-order chi connectivity index (χ0) is 12.0. The first-order valence-electron chi connectivity index (χ1n) is 5.97. The quantitative estimate of drug-likeness (QED) is 0.715. The molecule has 1 atom stereocenters. The van der Waals surface area contributed by atoms with Crippen molar-refractivity contribution >= 4 is 0 Å². The second kappa shape index (κ2) is 6.64. The number of benzene rings is 1.